The molecule has 0 amide bonds. The first kappa shape index (κ1) is 15.7. The monoisotopic (exact) mass is 348 g/mol. The number of hydrogen-bond donors (Lipinski definition) is 1. The minimum atomic E-state index is -0.0399. The number of hydrazone groups is 1. The quantitative estimate of drug-likeness (QED) is 0.618. The summed E-state index contributed by atoms with van der Waals surface area (Å²) in [4.78, 5) is 0. The van der Waals surface area contributed by atoms with E-state index in [-0.39, 0.29) is 6.10 Å². The van der Waals surface area contributed by atoms with E-state index in [1.165, 1.54) is 0 Å². The lowest BCUT2D eigenvalue weighted by atomic mass is 9.96. The summed E-state index contributed by atoms with van der Waals surface area (Å²) in [6.45, 7) is 0. The number of fused-ring (bicyclic) bond motifs is 1. The molecule has 0 saturated heterocycles. The van der Waals surface area contributed by atoms with Crippen molar-refractivity contribution in [3.05, 3.63) is 95.0 Å². The number of halogens is 1. The first-order chi connectivity index (χ1) is 12.3. The highest BCUT2D eigenvalue weighted by molar-refractivity contribution is 6.30. The standard InChI is InChI=1S/C21H17ClN2O/c22-16-10-12-17(13-11-16)23-24-19-14-21(15-6-2-1-3-7-15)25-20-9-5-4-8-18(19)20/h1-13,21,23H,14H2. The summed E-state index contributed by atoms with van der Waals surface area (Å²) in [7, 11) is 0. The van der Waals surface area contributed by atoms with Crippen LogP contribution in [0.3, 0.4) is 0 Å². The zero-order valence-corrected chi connectivity index (χ0v) is 14.3. The van der Waals surface area contributed by atoms with Crippen molar-refractivity contribution in [2.24, 2.45) is 5.10 Å². The number of para-hydroxylation sites is 1. The second kappa shape index (κ2) is 6.99. The molecule has 0 radical (unpaired) electrons. The summed E-state index contributed by atoms with van der Waals surface area (Å²) in [5.41, 5.74) is 7.18. The molecule has 124 valence electrons. The minimum absolute atomic E-state index is 0.0399. The lowest BCUT2D eigenvalue weighted by Gasteiger charge is -2.27. The van der Waals surface area contributed by atoms with Gasteiger partial charge in [-0.15, -0.1) is 0 Å². The molecule has 25 heavy (non-hydrogen) atoms. The maximum atomic E-state index is 6.19. The van der Waals surface area contributed by atoms with Crippen molar-refractivity contribution in [3.8, 4) is 5.75 Å². The van der Waals surface area contributed by atoms with Crippen LogP contribution in [0, 0.1) is 0 Å². The summed E-state index contributed by atoms with van der Waals surface area (Å²) >= 11 is 5.93. The Morgan fingerprint density at radius 2 is 1.60 bits per heavy atom. The fourth-order valence-electron chi connectivity index (χ4n) is 2.90. The smallest absolute Gasteiger partial charge is 0.129 e. The lowest BCUT2D eigenvalue weighted by molar-refractivity contribution is 0.206. The van der Waals surface area contributed by atoms with Crippen LogP contribution in [-0.2, 0) is 0 Å². The fourth-order valence-corrected chi connectivity index (χ4v) is 3.03. The molecule has 1 unspecified atom stereocenters. The molecule has 3 aromatic carbocycles. The van der Waals surface area contributed by atoms with E-state index >= 15 is 0 Å². The molecule has 1 aliphatic heterocycles. The van der Waals surface area contributed by atoms with Gasteiger partial charge in [-0.3, -0.25) is 5.43 Å². The molecule has 0 fully saturated rings. The summed E-state index contributed by atoms with van der Waals surface area (Å²) < 4.78 is 6.19. The zero-order chi connectivity index (χ0) is 17.1. The molecule has 3 aromatic rings. The van der Waals surface area contributed by atoms with Gasteiger partial charge in [-0.05, 0) is 42.0 Å². The highest BCUT2D eigenvalue weighted by atomic mass is 35.5. The summed E-state index contributed by atoms with van der Waals surface area (Å²) in [6.07, 6.45) is 0.670. The number of rotatable bonds is 3. The number of ether oxygens (including phenoxy) is 1. The molecule has 4 heteroatoms. The predicted octanol–water partition coefficient (Wildman–Crippen LogP) is 5.68. The molecule has 1 N–H and O–H groups in total. The van der Waals surface area contributed by atoms with Crippen molar-refractivity contribution in [2.45, 2.75) is 12.5 Å². The van der Waals surface area contributed by atoms with Crippen molar-refractivity contribution < 1.29 is 4.74 Å². The Labute approximate surface area is 151 Å². The number of benzene rings is 3. The van der Waals surface area contributed by atoms with Crippen LogP contribution in [0.15, 0.2) is 84.0 Å². The molecule has 3 nitrogen and oxygen atoms in total. The molecule has 4 rings (SSSR count). The van der Waals surface area contributed by atoms with Crippen LogP contribution >= 0.6 is 11.6 Å². The van der Waals surface area contributed by atoms with Crippen molar-refractivity contribution >= 4 is 23.0 Å². The van der Waals surface area contributed by atoms with Gasteiger partial charge in [0.05, 0.1) is 11.4 Å². The molecular formula is C21H17ClN2O. The average Bonchev–Trinajstić information content (AvgIpc) is 2.68. The van der Waals surface area contributed by atoms with Crippen LogP contribution in [0.4, 0.5) is 5.69 Å². The second-order valence-electron chi connectivity index (χ2n) is 5.89. The third-order valence-electron chi connectivity index (χ3n) is 4.18. The van der Waals surface area contributed by atoms with Gasteiger partial charge < -0.3 is 4.74 Å². The Balaban J connectivity index is 1.65. The molecule has 1 atom stereocenters. The molecule has 0 saturated carbocycles. The van der Waals surface area contributed by atoms with Crippen LogP contribution in [-0.4, -0.2) is 5.71 Å². The molecule has 0 bridgehead atoms. The van der Waals surface area contributed by atoms with Gasteiger partial charge in [0.1, 0.15) is 11.9 Å². The number of anilines is 1. The molecule has 1 aliphatic rings. The van der Waals surface area contributed by atoms with Gasteiger partial charge in [-0.1, -0.05) is 54.1 Å². The Morgan fingerprint density at radius 1 is 0.880 bits per heavy atom. The summed E-state index contributed by atoms with van der Waals surface area (Å²) in [5, 5.41) is 5.35. The average molecular weight is 349 g/mol. The van der Waals surface area contributed by atoms with Crippen molar-refractivity contribution in [1.82, 2.24) is 0 Å². The van der Waals surface area contributed by atoms with Crippen LogP contribution in [0.25, 0.3) is 0 Å². The second-order valence-corrected chi connectivity index (χ2v) is 6.33. The van der Waals surface area contributed by atoms with E-state index in [1.807, 2.05) is 66.7 Å². The lowest BCUT2D eigenvalue weighted by Crippen LogP contribution is -2.21. The van der Waals surface area contributed by atoms with Gasteiger partial charge >= 0.3 is 0 Å². The third-order valence-corrected chi connectivity index (χ3v) is 4.43. The van der Waals surface area contributed by atoms with Gasteiger partial charge in [-0.2, -0.15) is 5.10 Å². The van der Waals surface area contributed by atoms with E-state index in [4.69, 9.17) is 16.3 Å². The van der Waals surface area contributed by atoms with Crippen molar-refractivity contribution in [1.29, 1.82) is 0 Å². The largest absolute Gasteiger partial charge is 0.485 e. The van der Waals surface area contributed by atoms with Crippen LogP contribution in [0.5, 0.6) is 5.75 Å². The first-order valence-corrected chi connectivity index (χ1v) is 8.56. The fraction of sp³-hybridized carbons (Fsp3) is 0.0952. The maximum Gasteiger partial charge on any atom is 0.129 e. The van der Waals surface area contributed by atoms with Crippen LogP contribution < -0.4 is 10.2 Å². The maximum absolute atomic E-state index is 6.19. The third kappa shape index (κ3) is 3.52. The molecule has 1 heterocycles. The number of hydrogen-bond acceptors (Lipinski definition) is 3. The van der Waals surface area contributed by atoms with E-state index in [1.54, 1.807) is 0 Å². The minimum Gasteiger partial charge on any atom is -0.485 e. The van der Waals surface area contributed by atoms with Gasteiger partial charge in [-0.25, -0.2) is 0 Å². The highest BCUT2D eigenvalue weighted by Gasteiger charge is 2.25. The summed E-state index contributed by atoms with van der Waals surface area (Å²) in [5.74, 6) is 0.860. The van der Waals surface area contributed by atoms with Gasteiger partial charge in [0, 0.05) is 17.0 Å². The first-order valence-electron chi connectivity index (χ1n) is 8.19. The van der Waals surface area contributed by atoms with Gasteiger partial charge in [0.2, 0.25) is 0 Å². The molecule has 0 aliphatic carbocycles. The molecular weight excluding hydrogens is 332 g/mol. The van der Waals surface area contributed by atoms with E-state index in [9.17, 15) is 0 Å². The normalized spacial score (nSPS) is 17.6. The van der Waals surface area contributed by atoms with E-state index in [0.29, 0.717) is 11.4 Å². The van der Waals surface area contributed by atoms with E-state index in [0.717, 1.165) is 28.3 Å². The van der Waals surface area contributed by atoms with E-state index < -0.39 is 0 Å². The van der Waals surface area contributed by atoms with Crippen molar-refractivity contribution in [3.63, 3.8) is 0 Å². The van der Waals surface area contributed by atoms with Crippen molar-refractivity contribution in [2.75, 3.05) is 5.43 Å². The highest BCUT2D eigenvalue weighted by Crippen LogP contribution is 2.35. The zero-order valence-electron chi connectivity index (χ0n) is 13.5. The van der Waals surface area contributed by atoms with Gasteiger partial charge in [0.25, 0.3) is 0 Å². The number of nitrogens with one attached hydrogen (secondary N) is 1. The van der Waals surface area contributed by atoms with Crippen LogP contribution in [0.1, 0.15) is 23.7 Å². The molecule has 0 spiro atoms. The Hall–Kier alpha value is -2.78. The van der Waals surface area contributed by atoms with Crippen LogP contribution in [0.2, 0.25) is 5.02 Å². The Kier molecular flexibility index (Phi) is 4.40. The Morgan fingerprint density at radius 3 is 2.40 bits per heavy atom. The molecule has 0 aromatic heterocycles. The van der Waals surface area contributed by atoms with E-state index in [2.05, 4.69) is 22.7 Å². The SMILES string of the molecule is Clc1ccc(NN=C2CC(c3ccccc3)Oc3ccccc32)cc1. The topological polar surface area (TPSA) is 33.6 Å². The number of nitrogens with zero attached hydrogens (tertiary/aromatic N) is 1. The van der Waals surface area contributed by atoms with Gasteiger partial charge in [0.15, 0.2) is 0 Å². The Bertz CT molecular complexity index is 891. The predicted molar refractivity (Wildman–Crippen MR) is 102 cm³/mol. The summed E-state index contributed by atoms with van der Waals surface area (Å²) in [6, 6.07) is 25.8.